The van der Waals surface area contributed by atoms with E-state index in [0.29, 0.717) is 28.3 Å². The predicted octanol–water partition coefficient (Wildman–Crippen LogP) is 6.00. The standard InChI is InChI=1S/C34H35F2N3O6S/c1-22-15-29(26-17-28(36)33(40)39(19-26)18-23-11-12-31-32(16-23)45-21-44-31)38-34(37-22)46(41,42)14-13-30(24-7-3-2-4-8-24)43-20-25-9-5-6-10-27(25)35/h5-6,9-12,15-17,19,24,30H,2-4,7-8,13-14,18,20-21H2,1H3. The summed E-state index contributed by atoms with van der Waals surface area (Å²) < 4.78 is 74.5. The second-order valence-corrected chi connectivity index (χ2v) is 13.8. The van der Waals surface area contributed by atoms with Crippen LogP contribution in [0.4, 0.5) is 8.78 Å². The summed E-state index contributed by atoms with van der Waals surface area (Å²) in [6.45, 7) is 1.83. The summed E-state index contributed by atoms with van der Waals surface area (Å²) in [7, 11) is -3.99. The Kier molecular flexibility index (Phi) is 9.46. The summed E-state index contributed by atoms with van der Waals surface area (Å²) in [5.41, 5.74) is 1.05. The SMILES string of the molecule is Cc1cc(-c2cc(F)c(=O)n(Cc3ccc4c(c3)OCO4)c2)nc(S(=O)(=O)CCC(OCc2ccccc2F)C2CCCCC2)n1. The number of ether oxygens (including phenoxy) is 3. The Morgan fingerprint density at radius 1 is 0.978 bits per heavy atom. The summed E-state index contributed by atoms with van der Waals surface area (Å²) in [6.07, 6.45) is 6.30. The largest absolute Gasteiger partial charge is 0.454 e. The maximum absolute atomic E-state index is 14.9. The van der Waals surface area contributed by atoms with Crippen LogP contribution in [-0.4, -0.2) is 41.6 Å². The van der Waals surface area contributed by atoms with E-state index in [1.807, 2.05) is 0 Å². The topological polar surface area (TPSA) is 110 Å². The fourth-order valence-electron chi connectivity index (χ4n) is 6.06. The van der Waals surface area contributed by atoms with Crippen LogP contribution in [0.2, 0.25) is 0 Å². The fourth-order valence-corrected chi connectivity index (χ4v) is 7.30. The highest BCUT2D eigenvalue weighted by molar-refractivity contribution is 7.91. The molecule has 4 aromatic rings. The van der Waals surface area contributed by atoms with E-state index in [9.17, 15) is 22.0 Å². The van der Waals surface area contributed by atoms with Gasteiger partial charge in [-0.15, -0.1) is 0 Å². The zero-order valence-corrected chi connectivity index (χ0v) is 26.3. The minimum Gasteiger partial charge on any atom is -0.454 e. The van der Waals surface area contributed by atoms with Crippen molar-refractivity contribution >= 4 is 9.84 Å². The molecule has 1 unspecified atom stereocenters. The van der Waals surface area contributed by atoms with Crippen molar-refractivity contribution in [1.29, 1.82) is 0 Å². The first kappa shape index (κ1) is 31.8. The van der Waals surface area contributed by atoms with E-state index in [1.165, 1.54) is 16.8 Å². The molecule has 1 aliphatic carbocycles. The molecule has 46 heavy (non-hydrogen) atoms. The Hall–Kier alpha value is -4.16. The van der Waals surface area contributed by atoms with Gasteiger partial charge >= 0.3 is 0 Å². The second-order valence-electron chi connectivity index (χ2n) is 11.8. The summed E-state index contributed by atoms with van der Waals surface area (Å²) in [5, 5.41) is -0.382. The number of rotatable bonds is 11. The fraction of sp³-hybridized carbons (Fsp3) is 0.382. The number of aryl methyl sites for hydroxylation is 1. The van der Waals surface area contributed by atoms with Crippen molar-refractivity contribution in [3.8, 4) is 22.8 Å². The Balaban J connectivity index is 1.22. The van der Waals surface area contributed by atoms with Crippen LogP contribution in [0.3, 0.4) is 0 Å². The minimum absolute atomic E-state index is 0.0465. The van der Waals surface area contributed by atoms with Gasteiger partial charge in [-0.05, 0) is 68.0 Å². The normalized spacial score (nSPS) is 15.6. The smallest absolute Gasteiger partial charge is 0.286 e. The molecule has 1 saturated carbocycles. The number of benzene rings is 2. The number of pyridine rings is 1. The van der Waals surface area contributed by atoms with Gasteiger partial charge in [0.05, 0.1) is 30.7 Å². The van der Waals surface area contributed by atoms with Gasteiger partial charge in [0.2, 0.25) is 21.8 Å². The first-order valence-electron chi connectivity index (χ1n) is 15.4. The van der Waals surface area contributed by atoms with Crippen molar-refractivity contribution in [2.24, 2.45) is 5.92 Å². The molecular formula is C34H35F2N3O6S. The third-order valence-electron chi connectivity index (χ3n) is 8.50. The first-order chi connectivity index (χ1) is 22.2. The van der Waals surface area contributed by atoms with Gasteiger partial charge in [0, 0.05) is 23.0 Å². The molecule has 0 radical (unpaired) electrons. The van der Waals surface area contributed by atoms with Gasteiger partial charge in [-0.3, -0.25) is 4.79 Å². The highest BCUT2D eigenvalue weighted by Crippen LogP contribution is 2.33. The molecular weight excluding hydrogens is 616 g/mol. The summed E-state index contributed by atoms with van der Waals surface area (Å²) >= 11 is 0. The zero-order valence-electron chi connectivity index (χ0n) is 25.5. The molecule has 0 bridgehead atoms. The maximum atomic E-state index is 14.9. The van der Waals surface area contributed by atoms with Crippen molar-refractivity contribution in [3.63, 3.8) is 0 Å². The van der Waals surface area contributed by atoms with Crippen molar-refractivity contribution < 1.29 is 31.4 Å². The van der Waals surface area contributed by atoms with Gasteiger partial charge in [-0.1, -0.05) is 43.5 Å². The monoisotopic (exact) mass is 651 g/mol. The molecule has 3 heterocycles. The third-order valence-corrected chi connectivity index (χ3v) is 10.0. The van der Waals surface area contributed by atoms with E-state index >= 15 is 0 Å². The zero-order chi connectivity index (χ0) is 32.3. The van der Waals surface area contributed by atoms with Gasteiger partial charge in [0.1, 0.15) is 5.82 Å². The molecule has 2 aromatic carbocycles. The molecule has 0 N–H and O–H groups in total. The lowest BCUT2D eigenvalue weighted by molar-refractivity contribution is -0.0129. The molecule has 6 rings (SSSR count). The Morgan fingerprint density at radius 2 is 1.76 bits per heavy atom. The van der Waals surface area contributed by atoms with Crippen LogP contribution in [0.1, 0.15) is 55.3 Å². The van der Waals surface area contributed by atoms with Gasteiger partial charge in [0.15, 0.2) is 17.3 Å². The lowest BCUT2D eigenvalue weighted by Gasteiger charge is -2.30. The summed E-state index contributed by atoms with van der Waals surface area (Å²) in [5.74, 6) is -0.349. The molecule has 1 aliphatic heterocycles. The molecule has 1 atom stereocenters. The number of hydrogen-bond donors (Lipinski definition) is 0. The number of aromatic nitrogens is 3. The lowest BCUT2D eigenvalue weighted by Crippen LogP contribution is -2.29. The molecule has 0 spiro atoms. The quantitative estimate of drug-likeness (QED) is 0.182. The first-order valence-corrected chi connectivity index (χ1v) is 17.0. The lowest BCUT2D eigenvalue weighted by atomic mass is 9.84. The van der Waals surface area contributed by atoms with Crippen molar-refractivity contribution in [2.45, 2.75) is 69.9 Å². The van der Waals surface area contributed by atoms with Gasteiger partial charge in [-0.2, -0.15) is 0 Å². The molecule has 0 amide bonds. The highest BCUT2D eigenvalue weighted by Gasteiger charge is 2.29. The van der Waals surface area contributed by atoms with E-state index in [-0.39, 0.29) is 66.4 Å². The van der Waals surface area contributed by atoms with Crippen LogP contribution in [0, 0.1) is 24.5 Å². The Bertz CT molecular complexity index is 1890. The van der Waals surface area contributed by atoms with Gasteiger partial charge in [-0.25, -0.2) is 27.2 Å². The molecule has 9 nitrogen and oxygen atoms in total. The molecule has 242 valence electrons. The maximum Gasteiger partial charge on any atom is 0.286 e. The number of sulfone groups is 1. The van der Waals surface area contributed by atoms with E-state index in [1.54, 1.807) is 49.4 Å². The predicted molar refractivity (Wildman–Crippen MR) is 166 cm³/mol. The Morgan fingerprint density at radius 3 is 2.57 bits per heavy atom. The third kappa shape index (κ3) is 7.28. The summed E-state index contributed by atoms with van der Waals surface area (Å²) in [6, 6.07) is 14.2. The molecule has 12 heteroatoms. The van der Waals surface area contributed by atoms with Gasteiger partial charge in [0.25, 0.3) is 5.56 Å². The number of halogens is 2. The minimum atomic E-state index is -3.99. The van der Waals surface area contributed by atoms with Gasteiger partial charge < -0.3 is 18.8 Å². The molecule has 1 fully saturated rings. The van der Waals surface area contributed by atoms with Crippen molar-refractivity contribution in [2.75, 3.05) is 12.5 Å². The molecule has 2 aromatic heterocycles. The molecule has 2 aliphatic rings. The number of nitrogens with zero attached hydrogens (tertiary/aromatic N) is 3. The van der Waals surface area contributed by atoms with Crippen LogP contribution in [0.15, 0.2) is 70.7 Å². The van der Waals surface area contributed by atoms with Crippen LogP contribution >= 0.6 is 0 Å². The van der Waals surface area contributed by atoms with Crippen LogP contribution in [0.5, 0.6) is 11.5 Å². The van der Waals surface area contributed by atoms with E-state index < -0.39 is 21.2 Å². The van der Waals surface area contributed by atoms with E-state index in [4.69, 9.17) is 14.2 Å². The molecule has 0 saturated heterocycles. The number of fused-ring (bicyclic) bond motifs is 1. The highest BCUT2D eigenvalue weighted by atomic mass is 32.2. The van der Waals surface area contributed by atoms with Crippen molar-refractivity contribution in [3.05, 3.63) is 99.6 Å². The number of hydrogen-bond acceptors (Lipinski definition) is 8. The van der Waals surface area contributed by atoms with E-state index in [2.05, 4.69) is 9.97 Å². The average molecular weight is 652 g/mol. The Labute approximate surface area is 266 Å². The van der Waals surface area contributed by atoms with Crippen LogP contribution < -0.4 is 15.0 Å². The second kappa shape index (κ2) is 13.7. The summed E-state index contributed by atoms with van der Waals surface area (Å²) in [4.78, 5) is 21.2. The average Bonchev–Trinajstić information content (AvgIpc) is 3.52. The van der Waals surface area contributed by atoms with Crippen LogP contribution in [-0.2, 0) is 27.7 Å². The van der Waals surface area contributed by atoms with Crippen LogP contribution in [0.25, 0.3) is 11.3 Å². The van der Waals surface area contributed by atoms with E-state index in [0.717, 1.165) is 38.2 Å². The van der Waals surface area contributed by atoms with Crippen molar-refractivity contribution in [1.82, 2.24) is 14.5 Å².